The number of benzene rings is 3. The van der Waals surface area contributed by atoms with Gasteiger partial charge in [-0.3, -0.25) is 14.2 Å². The summed E-state index contributed by atoms with van der Waals surface area (Å²) in [6.45, 7) is 3.56. The molecule has 33 heavy (non-hydrogen) atoms. The molecule has 5 rings (SSSR count). The lowest BCUT2D eigenvalue weighted by molar-refractivity contribution is -0.116. The van der Waals surface area contributed by atoms with Crippen LogP contribution in [0.15, 0.2) is 86.8 Å². The van der Waals surface area contributed by atoms with Gasteiger partial charge in [0.2, 0.25) is 11.5 Å². The third-order valence-electron chi connectivity index (χ3n) is 5.64. The van der Waals surface area contributed by atoms with E-state index in [2.05, 4.69) is 5.32 Å². The van der Waals surface area contributed by atoms with E-state index in [0.29, 0.717) is 27.9 Å². The first kappa shape index (κ1) is 20.5. The number of fused-ring (bicyclic) bond motifs is 3. The quantitative estimate of drug-likeness (QED) is 0.456. The number of hydrogen-bond acceptors (Lipinski definition) is 4. The van der Waals surface area contributed by atoms with E-state index in [0.717, 1.165) is 15.7 Å². The first-order chi connectivity index (χ1) is 15.9. The SMILES string of the molecule is Cc1ccc(C)c(NC(=O)Cn2c(=O)n(-c3ccccc3)c(=O)c3oc4ccccc4c32)c1. The van der Waals surface area contributed by atoms with Gasteiger partial charge in [0.25, 0.3) is 0 Å². The molecule has 7 nitrogen and oxygen atoms in total. The zero-order valence-corrected chi connectivity index (χ0v) is 18.2. The van der Waals surface area contributed by atoms with E-state index in [-0.39, 0.29) is 18.0 Å². The van der Waals surface area contributed by atoms with Crippen LogP contribution in [0.4, 0.5) is 5.69 Å². The van der Waals surface area contributed by atoms with Crippen LogP contribution in [0.2, 0.25) is 0 Å². The first-order valence-corrected chi connectivity index (χ1v) is 10.5. The number of furan rings is 1. The van der Waals surface area contributed by atoms with Gasteiger partial charge >= 0.3 is 11.2 Å². The molecule has 0 radical (unpaired) electrons. The predicted octanol–water partition coefficient (Wildman–Crippen LogP) is 4.15. The van der Waals surface area contributed by atoms with E-state index in [1.54, 1.807) is 54.6 Å². The lowest BCUT2D eigenvalue weighted by Crippen LogP contribution is -2.40. The normalized spacial score (nSPS) is 11.2. The van der Waals surface area contributed by atoms with Crippen LogP contribution in [-0.4, -0.2) is 15.0 Å². The molecule has 2 aromatic heterocycles. The Labute approximate surface area is 188 Å². The molecule has 0 fully saturated rings. The Balaban J connectivity index is 1.71. The summed E-state index contributed by atoms with van der Waals surface area (Å²) in [5.41, 5.74) is 2.63. The molecule has 0 aliphatic rings. The molecular formula is C26H21N3O4. The minimum absolute atomic E-state index is 0.0270. The number of carbonyl (C=O) groups excluding carboxylic acids is 1. The second-order valence-electron chi connectivity index (χ2n) is 7.99. The molecule has 0 unspecified atom stereocenters. The molecule has 7 heteroatoms. The maximum absolute atomic E-state index is 13.6. The van der Waals surface area contributed by atoms with E-state index in [4.69, 9.17) is 4.42 Å². The van der Waals surface area contributed by atoms with Crippen LogP contribution < -0.4 is 16.6 Å². The van der Waals surface area contributed by atoms with E-state index in [9.17, 15) is 14.4 Å². The van der Waals surface area contributed by atoms with Crippen LogP contribution in [-0.2, 0) is 11.3 Å². The summed E-state index contributed by atoms with van der Waals surface area (Å²) in [4.78, 5) is 39.9. The van der Waals surface area contributed by atoms with Crippen LogP contribution in [0, 0.1) is 13.8 Å². The average Bonchev–Trinajstić information content (AvgIpc) is 3.20. The fourth-order valence-corrected chi connectivity index (χ4v) is 4.00. The van der Waals surface area contributed by atoms with Gasteiger partial charge in [0.1, 0.15) is 17.6 Å². The number of nitrogens with one attached hydrogen (secondary N) is 1. The topological polar surface area (TPSA) is 86.2 Å². The number of nitrogens with zero attached hydrogens (tertiary/aromatic N) is 2. The van der Waals surface area contributed by atoms with Crippen LogP contribution in [0.3, 0.4) is 0 Å². The highest BCUT2D eigenvalue weighted by Crippen LogP contribution is 2.26. The molecule has 3 aromatic carbocycles. The summed E-state index contributed by atoms with van der Waals surface area (Å²) in [5, 5.41) is 3.49. The van der Waals surface area contributed by atoms with Gasteiger partial charge in [0, 0.05) is 11.1 Å². The molecule has 0 aliphatic heterocycles. The van der Waals surface area contributed by atoms with Crippen molar-refractivity contribution in [2.24, 2.45) is 0 Å². The van der Waals surface area contributed by atoms with Gasteiger partial charge in [0.05, 0.1) is 5.69 Å². The summed E-state index contributed by atoms with van der Waals surface area (Å²) >= 11 is 0. The number of aromatic nitrogens is 2. The Morgan fingerprint density at radius 3 is 2.45 bits per heavy atom. The van der Waals surface area contributed by atoms with Crippen molar-refractivity contribution in [3.8, 4) is 5.69 Å². The van der Waals surface area contributed by atoms with Crippen molar-refractivity contribution < 1.29 is 9.21 Å². The number of amides is 1. The van der Waals surface area contributed by atoms with E-state index >= 15 is 0 Å². The summed E-state index contributed by atoms with van der Waals surface area (Å²) in [6, 6.07) is 21.5. The Morgan fingerprint density at radius 1 is 0.939 bits per heavy atom. The van der Waals surface area contributed by atoms with Gasteiger partial charge < -0.3 is 9.73 Å². The Bertz CT molecular complexity index is 1640. The first-order valence-electron chi connectivity index (χ1n) is 10.5. The smallest absolute Gasteiger partial charge is 0.336 e. The lowest BCUT2D eigenvalue weighted by Gasteiger charge is -2.13. The molecule has 2 heterocycles. The van der Waals surface area contributed by atoms with Gasteiger partial charge in [-0.15, -0.1) is 0 Å². The Kier molecular flexibility index (Phi) is 4.94. The zero-order valence-electron chi connectivity index (χ0n) is 18.2. The van der Waals surface area contributed by atoms with Gasteiger partial charge in [-0.2, -0.15) is 0 Å². The van der Waals surface area contributed by atoms with Crippen LogP contribution >= 0.6 is 0 Å². The fourth-order valence-electron chi connectivity index (χ4n) is 4.00. The lowest BCUT2D eigenvalue weighted by atomic mass is 10.1. The number of aryl methyl sites for hydroxylation is 2. The molecule has 0 saturated heterocycles. The number of anilines is 1. The summed E-state index contributed by atoms with van der Waals surface area (Å²) in [7, 11) is 0. The molecule has 1 amide bonds. The minimum Gasteiger partial charge on any atom is -0.449 e. The highest BCUT2D eigenvalue weighted by atomic mass is 16.3. The van der Waals surface area contributed by atoms with Crippen LogP contribution in [0.5, 0.6) is 0 Å². The van der Waals surface area contributed by atoms with E-state index in [1.165, 1.54) is 4.57 Å². The third-order valence-corrected chi connectivity index (χ3v) is 5.64. The monoisotopic (exact) mass is 439 g/mol. The highest BCUT2D eigenvalue weighted by Gasteiger charge is 2.22. The van der Waals surface area contributed by atoms with Crippen molar-refractivity contribution in [1.82, 2.24) is 9.13 Å². The third kappa shape index (κ3) is 3.53. The molecule has 0 bridgehead atoms. The number of hydrogen-bond donors (Lipinski definition) is 1. The zero-order chi connectivity index (χ0) is 23.1. The highest BCUT2D eigenvalue weighted by molar-refractivity contribution is 6.03. The van der Waals surface area contributed by atoms with Crippen LogP contribution in [0.25, 0.3) is 27.8 Å². The summed E-state index contributed by atoms with van der Waals surface area (Å²) in [5.74, 6) is -0.379. The average molecular weight is 439 g/mol. The van der Waals surface area contributed by atoms with Crippen molar-refractivity contribution in [1.29, 1.82) is 0 Å². The van der Waals surface area contributed by atoms with E-state index < -0.39 is 11.2 Å². The maximum Gasteiger partial charge on any atom is 0.336 e. The Morgan fingerprint density at radius 2 is 1.67 bits per heavy atom. The molecular weight excluding hydrogens is 418 g/mol. The number of rotatable bonds is 4. The van der Waals surface area contributed by atoms with Crippen molar-refractivity contribution >= 4 is 33.7 Å². The molecule has 1 N–H and O–H groups in total. The van der Waals surface area contributed by atoms with Gasteiger partial charge in [0.15, 0.2) is 0 Å². The van der Waals surface area contributed by atoms with Crippen molar-refractivity contribution in [2.75, 3.05) is 5.32 Å². The van der Waals surface area contributed by atoms with E-state index in [1.807, 2.05) is 32.0 Å². The molecule has 0 spiro atoms. The maximum atomic E-state index is 13.6. The van der Waals surface area contributed by atoms with Gasteiger partial charge in [-0.05, 0) is 55.3 Å². The van der Waals surface area contributed by atoms with Crippen molar-refractivity contribution in [3.05, 3.63) is 105 Å². The van der Waals surface area contributed by atoms with Gasteiger partial charge in [-0.25, -0.2) is 9.36 Å². The molecule has 0 atom stereocenters. The second kappa shape index (κ2) is 7.94. The second-order valence-corrected chi connectivity index (χ2v) is 7.99. The number of carbonyl (C=O) groups is 1. The molecule has 164 valence electrons. The standard InChI is InChI=1S/C26H21N3O4/c1-16-12-13-17(2)20(14-16)27-22(30)15-28-23-19-10-6-7-11-21(19)33-24(23)25(31)29(26(28)32)18-8-4-3-5-9-18/h3-14H,15H2,1-2H3,(H,27,30). The molecule has 0 aliphatic carbocycles. The minimum atomic E-state index is -0.610. The number of para-hydroxylation sites is 2. The summed E-state index contributed by atoms with van der Waals surface area (Å²) < 4.78 is 8.19. The largest absolute Gasteiger partial charge is 0.449 e. The van der Waals surface area contributed by atoms with Crippen molar-refractivity contribution in [3.63, 3.8) is 0 Å². The molecule has 5 aromatic rings. The van der Waals surface area contributed by atoms with Crippen LogP contribution in [0.1, 0.15) is 11.1 Å². The van der Waals surface area contributed by atoms with Crippen molar-refractivity contribution in [2.45, 2.75) is 20.4 Å². The predicted molar refractivity (Wildman–Crippen MR) is 128 cm³/mol. The fraction of sp³-hybridized carbons (Fsp3) is 0.115. The molecule has 0 saturated carbocycles. The van der Waals surface area contributed by atoms with Gasteiger partial charge in [-0.1, -0.05) is 42.5 Å². The summed E-state index contributed by atoms with van der Waals surface area (Å²) in [6.07, 6.45) is 0. The Hall–Kier alpha value is -4.39.